The van der Waals surface area contributed by atoms with Crippen LogP contribution in [0.1, 0.15) is 0 Å². The van der Waals surface area contributed by atoms with Gasteiger partial charge in [-0.15, -0.1) is 0 Å². The fraction of sp³-hybridized carbons (Fsp3) is 0.200. The first kappa shape index (κ1) is 11.0. The van der Waals surface area contributed by atoms with Crippen molar-refractivity contribution >= 4 is 0 Å². The second-order valence-corrected chi connectivity index (χ2v) is 4.67. The van der Waals surface area contributed by atoms with Crippen molar-refractivity contribution in [3.8, 4) is 22.8 Å². The summed E-state index contributed by atoms with van der Waals surface area (Å²) in [7, 11) is 6.26. The van der Waals surface area contributed by atoms with Crippen molar-refractivity contribution < 1.29 is 0 Å². The summed E-state index contributed by atoms with van der Waals surface area (Å²) in [6, 6.07) is 12.8. The van der Waals surface area contributed by atoms with Gasteiger partial charge in [-0.2, -0.15) is 0 Å². The highest BCUT2D eigenvalue weighted by Crippen LogP contribution is 2.27. The van der Waals surface area contributed by atoms with Crippen LogP contribution in [0.15, 0.2) is 48.8 Å². The quantitative estimate of drug-likeness (QED) is 0.653. The molecule has 0 saturated carbocycles. The third kappa shape index (κ3) is 1.51. The van der Waals surface area contributed by atoms with Gasteiger partial charge < -0.3 is 13.7 Å². The van der Waals surface area contributed by atoms with E-state index in [1.807, 2.05) is 0 Å². The fourth-order valence-corrected chi connectivity index (χ4v) is 2.48. The van der Waals surface area contributed by atoms with Gasteiger partial charge in [0, 0.05) is 33.5 Å². The summed E-state index contributed by atoms with van der Waals surface area (Å²) < 4.78 is 6.53. The van der Waals surface area contributed by atoms with Crippen molar-refractivity contribution in [3.05, 3.63) is 48.8 Å². The van der Waals surface area contributed by atoms with Crippen molar-refractivity contribution in [2.75, 3.05) is 0 Å². The molecule has 0 aromatic carbocycles. The minimum Gasteiger partial charge on any atom is -0.349 e. The third-order valence-corrected chi connectivity index (χ3v) is 3.53. The minimum absolute atomic E-state index is 1.23. The molecule has 18 heavy (non-hydrogen) atoms. The molecule has 0 aliphatic carbocycles. The molecule has 0 aliphatic heterocycles. The molecule has 0 bridgehead atoms. The summed E-state index contributed by atoms with van der Waals surface area (Å²) in [5.74, 6) is 0. The monoisotopic (exact) mass is 239 g/mol. The van der Waals surface area contributed by atoms with E-state index >= 15 is 0 Å². The average Bonchev–Trinajstić information content (AvgIpc) is 3.01. The first-order valence-corrected chi connectivity index (χ1v) is 6.07. The highest BCUT2D eigenvalue weighted by Gasteiger charge is 2.11. The lowest BCUT2D eigenvalue weighted by atomic mass is 10.3. The Morgan fingerprint density at radius 1 is 0.611 bits per heavy atom. The lowest BCUT2D eigenvalue weighted by Crippen LogP contribution is -2.00. The summed E-state index contributed by atoms with van der Waals surface area (Å²) in [6.45, 7) is 0. The van der Waals surface area contributed by atoms with Crippen LogP contribution in [0.3, 0.4) is 0 Å². The van der Waals surface area contributed by atoms with Crippen molar-refractivity contribution in [2.24, 2.45) is 21.1 Å². The molecule has 3 nitrogen and oxygen atoms in total. The SMILES string of the molecule is Cn1cccc1-c1ccc(-c2cccn2C)n1C. The second-order valence-electron chi connectivity index (χ2n) is 4.67. The predicted molar refractivity (Wildman–Crippen MR) is 74.2 cm³/mol. The van der Waals surface area contributed by atoms with E-state index in [0.29, 0.717) is 0 Å². The summed E-state index contributed by atoms with van der Waals surface area (Å²) in [5.41, 5.74) is 4.94. The number of nitrogens with zero attached hydrogens (tertiary/aromatic N) is 3. The Kier molecular flexibility index (Phi) is 2.40. The van der Waals surface area contributed by atoms with Crippen molar-refractivity contribution in [1.82, 2.24) is 13.7 Å². The molecule has 0 atom stereocenters. The van der Waals surface area contributed by atoms with Crippen LogP contribution in [0, 0.1) is 0 Å². The van der Waals surface area contributed by atoms with Gasteiger partial charge in [0.15, 0.2) is 0 Å². The molecule has 0 radical (unpaired) electrons. The van der Waals surface area contributed by atoms with Gasteiger partial charge in [0.1, 0.15) is 0 Å². The molecule has 92 valence electrons. The van der Waals surface area contributed by atoms with Gasteiger partial charge in [0.05, 0.1) is 22.8 Å². The number of hydrogen-bond donors (Lipinski definition) is 0. The van der Waals surface area contributed by atoms with Crippen LogP contribution in [0.25, 0.3) is 22.8 Å². The van der Waals surface area contributed by atoms with Crippen LogP contribution in [0.2, 0.25) is 0 Å². The van der Waals surface area contributed by atoms with Gasteiger partial charge >= 0.3 is 0 Å². The second kappa shape index (κ2) is 3.95. The number of rotatable bonds is 2. The standard InChI is InChI=1S/C15H17N3/c1-16-10-4-6-12(16)14-8-9-15(18(14)3)13-7-5-11-17(13)2/h4-11H,1-3H3. The highest BCUT2D eigenvalue weighted by atomic mass is 15.0. The maximum absolute atomic E-state index is 2.24. The fourth-order valence-electron chi connectivity index (χ4n) is 2.48. The van der Waals surface area contributed by atoms with Gasteiger partial charge in [-0.05, 0) is 36.4 Å². The number of aryl methyl sites for hydroxylation is 2. The smallest absolute Gasteiger partial charge is 0.0650 e. The molecule has 0 N–H and O–H groups in total. The molecule has 0 unspecified atom stereocenters. The van der Waals surface area contributed by atoms with Crippen LogP contribution in [0.5, 0.6) is 0 Å². The lowest BCUT2D eigenvalue weighted by Gasteiger charge is -2.09. The van der Waals surface area contributed by atoms with Crippen LogP contribution in [-0.4, -0.2) is 13.7 Å². The first-order chi connectivity index (χ1) is 8.68. The normalized spacial score (nSPS) is 11.1. The molecular formula is C15H17N3. The van der Waals surface area contributed by atoms with Crippen molar-refractivity contribution in [3.63, 3.8) is 0 Å². The minimum atomic E-state index is 1.23. The summed E-state index contributed by atoms with van der Waals surface area (Å²) in [4.78, 5) is 0. The lowest BCUT2D eigenvalue weighted by molar-refractivity contribution is 0.870. The van der Waals surface area contributed by atoms with Crippen molar-refractivity contribution in [1.29, 1.82) is 0 Å². The Bertz CT molecular complexity index is 624. The Labute approximate surface area is 107 Å². The molecule has 3 aromatic heterocycles. The van der Waals surface area contributed by atoms with Crippen molar-refractivity contribution in [2.45, 2.75) is 0 Å². The average molecular weight is 239 g/mol. The van der Waals surface area contributed by atoms with E-state index in [2.05, 4.69) is 83.6 Å². The van der Waals surface area contributed by atoms with E-state index in [-0.39, 0.29) is 0 Å². The molecule has 0 fully saturated rings. The molecule has 0 saturated heterocycles. The molecule has 3 rings (SSSR count). The highest BCUT2D eigenvalue weighted by molar-refractivity contribution is 5.66. The van der Waals surface area contributed by atoms with Gasteiger partial charge in [-0.1, -0.05) is 0 Å². The van der Waals surface area contributed by atoms with Gasteiger partial charge in [-0.25, -0.2) is 0 Å². The van der Waals surface area contributed by atoms with E-state index in [1.54, 1.807) is 0 Å². The predicted octanol–water partition coefficient (Wildman–Crippen LogP) is 3.04. The van der Waals surface area contributed by atoms with Gasteiger partial charge in [0.25, 0.3) is 0 Å². The van der Waals surface area contributed by atoms with Gasteiger partial charge in [0.2, 0.25) is 0 Å². The molecule has 3 aromatic rings. The molecular weight excluding hydrogens is 222 g/mol. The van der Waals surface area contributed by atoms with Gasteiger partial charge in [-0.3, -0.25) is 0 Å². The summed E-state index contributed by atoms with van der Waals surface area (Å²) in [5, 5.41) is 0. The maximum atomic E-state index is 2.24. The molecule has 0 amide bonds. The summed E-state index contributed by atoms with van der Waals surface area (Å²) >= 11 is 0. The van der Waals surface area contributed by atoms with E-state index in [4.69, 9.17) is 0 Å². The third-order valence-electron chi connectivity index (χ3n) is 3.53. The molecule has 0 spiro atoms. The van der Waals surface area contributed by atoms with E-state index in [1.165, 1.54) is 22.8 Å². The Morgan fingerprint density at radius 2 is 1.06 bits per heavy atom. The zero-order chi connectivity index (χ0) is 12.7. The Hall–Kier alpha value is -2.16. The zero-order valence-electron chi connectivity index (χ0n) is 11.0. The molecule has 3 heteroatoms. The molecule has 0 aliphatic rings. The van der Waals surface area contributed by atoms with E-state index in [9.17, 15) is 0 Å². The maximum Gasteiger partial charge on any atom is 0.0650 e. The zero-order valence-corrected chi connectivity index (χ0v) is 11.0. The van der Waals surface area contributed by atoms with Crippen LogP contribution in [-0.2, 0) is 21.1 Å². The van der Waals surface area contributed by atoms with Crippen LogP contribution >= 0.6 is 0 Å². The number of hydrogen-bond acceptors (Lipinski definition) is 0. The van der Waals surface area contributed by atoms with E-state index in [0.717, 1.165) is 0 Å². The Morgan fingerprint density at radius 3 is 1.39 bits per heavy atom. The largest absolute Gasteiger partial charge is 0.349 e. The Balaban J connectivity index is 2.15. The first-order valence-electron chi connectivity index (χ1n) is 6.07. The van der Waals surface area contributed by atoms with E-state index < -0.39 is 0 Å². The van der Waals surface area contributed by atoms with Crippen LogP contribution in [0.4, 0.5) is 0 Å². The van der Waals surface area contributed by atoms with Crippen LogP contribution < -0.4 is 0 Å². The number of aromatic nitrogens is 3. The molecule has 3 heterocycles. The topological polar surface area (TPSA) is 14.8 Å². The summed E-state index contributed by atoms with van der Waals surface area (Å²) in [6.07, 6.45) is 4.15.